The number of hydrogen-bond donors (Lipinski definition) is 1. The standard InChI is InChI=1S/C31H33N3O6S/c1-6-8-17-39-23-11-9-10-21(18-23)26(35)24-25(20-12-14-22(15-13-20)33(4)5)34(29(37)27(24)36)31-32-19(3)28(41-31)30(38)40-16-7-2/h7,9-15,18,25,35H,2,6,8,16-17H2,1,3-5H3. The minimum Gasteiger partial charge on any atom is -0.507 e. The molecule has 1 amide bonds. The Morgan fingerprint density at radius 3 is 2.59 bits per heavy atom. The summed E-state index contributed by atoms with van der Waals surface area (Å²) in [5.74, 6) is -2.10. The number of esters is 1. The van der Waals surface area contributed by atoms with Crippen LogP contribution in [0.2, 0.25) is 0 Å². The third-order valence-electron chi connectivity index (χ3n) is 6.55. The molecule has 0 bridgehead atoms. The van der Waals surface area contributed by atoms with E-state index in [2.05, 4.69) is 18.5 Å². The number of hydrogen-bond acceptors (Lipinski definition) is 9. The van der Waals surface area contributed by atoms with Crippen molar-refractivity contribution in [3.63, 3.8) is 0 Å². The third kappa shape index (κ3) is 6.17. The van der Waals surface area contributed by atoms with Crippen LogP contribution in [0.15, 0.2) is 66.8 Å². The largest absolute Gasteiger partial charge is 0.507 e. The number of ketones is 1. The molecule has 3 aromatic rings. The van der Waals surface area contributed by atoms with Gasteiger partial charge in [-0.1, -0.05) is 61.6 Å². The van der Waals surface area contributed by atoms with Gasteiger partial charge in [-0.25, -0.2) is 9.78 Å². The van der Waals surface area contributed by atoms with Crippen molar-refractivity contribution in [2.24, 2.45) is 0 Å². The molecule has 1 aromatic heterocycles. The lowest BCUT2D eigenvalue weighted by molar-refractivity contribution is -0.132. The summed E-state index contributed by atoms with van der Waals surface area (Å²) in [5, 5.41) is 11.7. The van der Waals surface area contributed by atoms with Crippen molar-refractivity contribution in [1.29, 1.82) is 0 Å². The van der Waals surface area contributed by atoms with Gasteiger partial charge >= 0.3 is 11.9 Å². The van der Waals surface area contributed by atoms with E-state index in [1.165, 1.54) is 11.0 Å². The van der Waals surface area contributed by atoms with Gasteiger partial charge in [0.05, 0.1) is 23.9 Å². The topological polar surface area (TPSA) is 109 Å². The number of anilines is 2. The quantitative estimate of drug-likeness (QED) is 0.0779. The number of unbranched alkanes of at least 4 members (excludes halogenated alkanes) is 1. The number of aliphatic hydroxyl groups is 1. The summed E-state index contributed by atoms with van der Waals surface area (Å²) in [6.45, 7) is 7.78. The number of thiazole rings is 1. The number of rotatable bonds is 11. The SMILES string of the molecule is C=CCOC(=O)c1sc(N2C(=O)C(=O)C(=C(O)c3cccc(OCCCC)c3)C2c2ccc(N(C)C)cc2)nc1C. The minimum absolute atomic E-state index is 0.0233. The van der Waals surface area contributed by atoms with Gasteiger partial charge in [0, 0.05) is 25.3 Å². The fraction of sp³-hybridized carbons (Fsp3) is 0.290. The molecule has 2 aromatic carbocycles. The molecular formula is C31H33N3O6S. The number of nitrogens with zero attached hydrogens (tertiary/aromatic N) is 3. The highest BCUT2D eigenvalue weighted by molar-refractivity contribution is 7.17. The van der Waals surface area contributed by atoms with Crippen LogP contribution < -0.4 is 14.5 Å². The normalized spacial score (nSPS) is 16.1. The van der Waals surface area contributed by atoms with Crippen LogP contribution in [0.3, 0.4) is 0 Å². The molecule has 1 N–H and O–H groups in total. The molecule has 4 rings (SSSR count). The molecule has 1 aliphatic rings. The fourth-order valence-electron chi connectivity index (χ4n) is 4.40. The van der Waals surface area contributed by atoms with Crippen LogP contribution in [-0.2, 0) is 14.3 Å². The Labute approximate surface area is 243 Å². The Kier molecular flexibility index (Phi) is 9.24. The lowest BCUT2D eigenvalue weighted by Gasteiger charge is -2.23. The molecule has 2 heterocycles. The van der Waals surface area contributed by atoms with Crippen molar-refractivity contribution >= 4 is 45.6 Å². The highest BCUT2D eigenvalue weighted by Crippen LogP contribution is 2.44. The first kappa shape index (κ1) is 29.5. The Balaban J connectivity index is 1.84. The van der Waals surface area contributed by atoms with E-state index in [9.17, 15) is 19.5 Å². The van der Waals surface area contributed by atoms with Gasteiger partial charge in [-0.2, -0.15) is 0 Å². The summed E-state index contributed by atoms with van der Waals surface area (Å²) in [7, 11) is 3.81. The van der Waals surface area contributed by atoms with E-state index < -0.39 is 23.7 Å². The monoisotopic (exact) mass is 575 g/mol. The number of carbonyl (C=O) groups is 3. The molecule has 1 saturated heterocycles. The van der Waals surface area contributed by atoms with Crippen molar-refractivity contribution in [2.45, 2.75) is 32.7 Å². The van der Waals surface area contributed by atoms with E-state index in [1.54, 1.807) is 43.3 Å². The fourth-order valence-corrected chi connectivity index (χ4v) is 5.39. The van der Waals surface area contributed by atoms with Gasteiger partial charge in [0.1, 0.15) is 23.0 Å². The molecule has 0 aliphatic carbocycles. The predicted octanol–water partition coefficient (Wildman–Crippen LogP) is 5.67. The Hall–Kier alpha value is -4.44. The first-order valence-electron chi connectivity index (χ1n) is 13.2. The van der Waals surface area contributed by atoms with Crippen LogP contribution in [0.4, 0.5) is 10.8 Å². The molecule has 1 fully saturated rings. The minimum atomic E-state index is -0.988. The first-order chi connectivity index (χ1) is 19.7. The van der Waals surface area contributed by atoms with Crippen LogP contribution in [0.25, 0.3) is 5.76 Å². The highest BCUT2D eigenvalue weighted by atomic mass is 32.1. The Bertz CT molecular complexity index is 1490. The average Bonchev–Trinajstić information content (AvgIpc) is 3.48. The van der Waals surface area contributed by atoms with Gasteiger partial charge in [0.2, 0.25) is 0 Å². The molecule has 0 spiro atoms. The molecule has 9 nitrogen and oxygen atoms in total. The maximum absolute atomic E-state index is 13.6. The molecule has 1 aliphatic heterocycles. The number of benzene rings is 2. The van der Waals surface area contributed by atoms with Gasteiger partial charge in [-0.15, -0.1) is 0 Å². The second kappa shape index (κ2) is 12.8. The smallest absolute Gasteiger partial charge is 0.350 e. The van der Waals surface area contributed by atoms with Crippen molar-refractivity contribution in [3.05, 3.63) is 88.5 Å². The second-order valence-corrected chi connectivity index (χ2v) is 10.7. The molecule has 10 heteroatoms. The van der Waals surface area contributed by atoms with E-state index in [1.807, 2.05) is 31.1 Å². The second-order valence-electron chi connectivity index (χ2n) is 9.68. The van der Waals surface area contributed by atoms with E-state index in [0.29, 0.717) is 29.2 Å². The molecule has 1 unspecified atom stereocenters. The average molecular weight is 576 g/mol. The summed E-state index contributed by atoms with van der Waals surface area (Å²) < 4.78 is 11.0. The van der Waals surface area contributed by atoms with Crippen molar-refractivity contribution in [3.8, 4) is 5.75 Å². The molecule has 0 saturated carbocycles. The highest BCUT2D eigenvalue weighted by Gasteiger charge is 2.48. The third-order valence-corrected chi connectivity index (χ3v) is 7.69. The molecule has 214 valence electrons. The summed E-state index contributed by atoms with van der Waals surface area (Å²) in [6, 6.07) is 13.1. The number of aryl methyl sites for hydroxylation is 1. The summed E-state index contributed by atoms with van der Waals surface area (Å²) in [6.07, 6.45) is 3.30. The zero-order valence-electron chi connectivity index (χ0n) is 23.5. The van der Waals surface area contributed by atoms with Crippen molar-refractivity contribution in [2.75, 3.05) is 37.1 Å². The van der Waals surface area contributed by atoms with Crippen molar-refractivity contribution < 1.29 is 29.0 Å². The maximum Gasteiger partial charge on any atom is 0.350 e. The van der Waals surface area contributed by atoms with E-state index in [-0.39, 0.29) is 27.9 Å². The van der Waals surface area contributed by atoms with Gasteiger partial charge in [-0.05, 0) is 43.2 Å². The van der Waals surface area contributed by atoms with Gasteiger partial charge in [0.15, 0.2) is 5.13 Å². The number of ether oxygens (including phenoxy) is 2. The predicted molar refractivity (Wildman–Crippen MR) is 160 cm³/mol. The first-order valence-corrected chi connectivity index (χ1v) is 14.1. The molecule has 0 radical (unpaired) electrons. The Morgan fingerprint density at radius 1 is 1.20 bits per heavy atom. The number of carbonyl (C=O) groups excluding carboxylic acids is 3. The van der Waals surface area contributed by atoms with Gasteiger partial charge < -0.3 is 19.5 Å². The molecular weight excluding hydrogens is 542 g/mol. The van der Waals surface area contributed by atoms with Crippen LogP contribution >= 0.6 is 11.3 Å². The lowest BCUT2D eigenvalue weighted by Crippen LogP contribution is -2.29. The van der Waals surface area contributed by atoms with Gasteiger partial charge in [0.25, 0.3) is 5.78 Å². The molecule has 41 heavy (non-hydrogen) atoms. The number of amides is 1. The van der Waals surface area contributed by atoms with Crippen LogP contribution in [0.1, 0.15) is 52.3 Å². The van der Waals surface area contributed by atoms with Crippen LogP contribution in [-0.4, -0.2) is 55.1 Å². The maximum atomic E-state index is 13.6. The zero-order chi connectivity index (χ0) is 29.7. The summed E-state index contributed by atoms with van der Waals surface area (Å²) in [4.78, 5) is 47.5. The number of aliphatic hydroxyl groups excluding tert-OH is 1. The molecule has 1 atom stereocenters. The van der Waals surface area contributed by atoms with E-state index in [0.717, 1.165) is 29.9 Å². The number of Topliss-reactive ketones (excluding diaryl/α,β-unsaturated/α-hetero) is 1. The summed E-state index contributed by atoms with van der Waals surface area (Å²) >= 11 is 0.951. The number of aromatic nitrogens is 1. The lowest BCUT2D eigenvalue weighted by atomic mass is 9.95. The van der Waals surface area contributed by atoms with Gasteiger partial charge in [-0.3, -0.25) is 14.5 Å². The van der Waals surface area contributed by atoms with Crippen molar-refractivity contribution in [1.82, 2.24) is 4.98 Å². The van der Waals surface area contributed by atoms with Crippen LogP contribution in [0.5, 0.6) is 5.75 Å². The van der Waals surface area contributed by atoms with Crippen LogP contribution in [0, 0.1) is 6.92 Å². The Morgan fingerprint density at radius 2 is 1.93 bits per heavy atom. The van der Waals surface area contributed by atoms with E-state index >= 15 is 0 Å². The summed E-state index contributed by atoms with van der Waals surface area (Å²) in [5.41, 5.74) is 2.13. The zero-order valence-corrected chi connectivity index (χ0v) is 24.4. The van der Waals surface area contributed by atoms with E-state index in [4.69, 9.17) is 9.47 Å².